The van der Waals surface area contributed by atoms with Crippen molar-refractivity contribution in [1.82, 2.24) is 0 Å². The van der Waals surface area contributed by atoms with E-state index in [4.69, 9.17) is 16.3 Å². The summed E-state index contributed by atoms with van der Waals surface area (Å²) in [6.45, 7) is 2.20. The summed E-state index contributed by atoms with van der Waals surface area (Å²) in [7, 11) is 0. The molecular weight excluding hydrogens is 290 g/mol. The van der Waals surface area contributed by atoms with Gasteiger partial charge in [-0.3, -0.25) is 4.79 Å². The molecule has 1 unspecified atom stereocenters. The molecule has 0 aliphatic heterocycles. The Morgan fingerprint density at radius 2 is 2.05 bits per heavy atom. The van der Waals surface area contributed by atoms with Gasteiger partial charge < -0.3 is 15.2 Å². The van der Waals surface area contributed by atoms with E-state index < -0.39 is 6.29 Å². The Labute approximate surface area is 128 Å². The summed E-state index contributed by atoms with van der Waals surface area (Å²) in [5, 5.41) is 12.9. The zero-order valence-corrected chi connectivity index (χ0v) is 12.3. The van der Waals surface area contributed by atoms with Crippen molar-refractivity contribution in [3.8, 4) is 0 Å². The molecule has 1 atom stereocenters. The van der Waals surface area contributed by atoms with Gasteiger partial charge in [-0.1, -0.05) is 35.9 Å². The summed E-state index contributed by atoms with van der Waals surface area (Å²) in [5.74, 6) is -0.302. The number of hydrogen-bond donors (Lipinski definition) is 2. The quantitative estimate of drug-likeness (QED) is 0.830. The van der Waals surface area contributed by atoms with Crippen molar-refractivity contribution in [2.75, 3.05) is 11.9 Å². The summed E-state index contributed by atoms with van der Waals surface area (Å²) in [5.41, 5.74) is 1.54. The maximum atomic E-state index is 12.2. The van der Waals surface area contributed by atoms with E-state index in [-0.39, 0.29) is 5.91 Å². The average Bonchev–Trinajstić information content (AvgIpc) is 2.48. The number of hydrogen-bond acceptors (Lipinski definition) is 3. The second kappa shape index (κ2) is 7.22. The number of carbonyl (C=O) groups excluding carboxylic acids is 1. The van der Waals surface area contributed by atoms with Crippen molar-refractivity contribution >= 4 is 23.2 Å². The topological polar surface area (TPSA) is 58.6 Å². The zero-order chi connectivity index (χ0) is 15.2. The van der Waals surface area contributed by atoms with Crippen molar-refractivity contribution in [2.24, 2.45) is 0 Å². The van der Waals surface area contributed by atoms with Crippen LogP contribution in [0.5, 0.6) is 0 Å². The maximum absolute atomic E-state index is 12.2. The number of halogens is 1. The summed E-state index contributed by atoms with van der Waals surface area (Å²) < 4.78 is 5.11. The smallest absolute Gasteiger partial charge is 0.257 e. The number of ether oxygens (including phenoxy) is 1. The first-order chi connectivity index (χ1) is 10.1. The van der Waals surface area contributed by atoms with Crippen LogP contribution >= 0.6 is 11.6 Å². The van der Waals surface area contributed by atoms with E-state index in [1.807, 2.05) is 0 Å². The molecule has 21 heavy (non-hydrogen) atoms. The van der Waals surface area contributed by atoms with Crippen LogP contribution in [-0.2, 0) is 4.74 Å². The standard InChI is InChI=1S/C16H16ClNO3/c1-2-21-16(20)11-6-5-7-12(10-11)18-15(19)13-8-3-4-9-14(13)17/h3-10,16,20H,2H2,1H3,(H,18,19). The summed E-state index contributed by atoms with van der Waals surface area (Å²) in [6.07, 6.45) is -1.01. The number of nitrogens with one attached hydrogen (secondary N) is 1. The average molecular weight is 306 g/mol. The predicted octanol–water partition coefficient (Wildman–Crippen LogP) is 3.62. The number of aliphatic hydroxyl groups is 1. The Kier molecular flexibility index (Phi) is 5.33. The van der Waals surface area contributed by atoms with Crippen LogP contribution in [-0.4, -0.2) is 17.6 Å². The highest BCUT2D eigenvalue weighted by atomic mass is 35.5. The van der Waals surface area contributed by atoms with E-state index in [0.717, 1.165) is 0 Å². The molecule has 0 saturated heterocycles. The number of anilines is 1. The lowest BCUT2D eigenvalue weighted by Crippen LogP contribution is -2.13. The van der Waals surface area contributed by atoms with Crippen molar-refractivity contribution in [2.45, 2.75) is 13.2 Å². The lowest BCUT2D eigenvalue weighted by atomic mass is 10.1. The molecule has 0 fully saturated rings. The fourth-order valence-corrected chi connectivity index (χ4v) is 2.09. The Balaban J connectivity index is 2.15. The number of rotatable bonds is 5. The van der Waals surface area contributed by atoms with Crippen LogP contribution in [0.15, 0.2) is 48.5 Å². The Morgan fingerprint density at radius 1 is 1.29 bits per heavy atom. The van der Waals surface area contributed by atoms with Crippen molar-refractivity contribution in [1.29, 1.82) is 0 Å². The van der Waals surface area contributed by atoms with Crippen LogP contribution in [0.2, 0.25) is 5.02 Å². The largest absolute Gasteiger partial charge is 0.364 e. The highest BCUT2D eigenvalue weighted by Gasteiger charge is 2.11. The van der Waals surface area contributed by atoms with E-state index in [0.29, 0.717) is 28.4 Å². The Bertz CT molecular complexity index is 630. The maximum Gasteiger partial charge on any atom is 0.257 e. The minimum atomic E-state index is -1.01. The molecule has 0 spiro atoms. The molecule has 110 valence electrons. The van der Waals surface area contributed by atoms with Gasteiger partial charge in [-0.2, -0.15) is 0 Å². The highest BCUT2D eigenvalue weighted by Crippen LogP contribution is 2.21. The summed E-state index contributed by atoms with van der Waals surface area (Å²) in [4.78, 5) is 12.2. The second-order valence-electron chi connectivity index (χ2n) is 4.37. The van der Waals surface area contributed by atoms with Crippen LogP contribution in [0, 0.1) is 0 Å². The van der Waals surface area contributed by atoms with Crippen molar-refractivity contribution in [3.05, 3.63) is 64.7 Å². The minimum Gasteiger partial charge on any atom is -0.364 e. The van der Waals surface area contributed by atoms with Crippen molar-refractivity contribution in [3.63, 3.8) is 0 Å². The highest BCUT2D eigenvalue weighted by molar-refractivity contribution is 6.34. The first-order valence-corrected chi connectivity index (χ1v) is 6.95. The van der Waals surface area contributed by atoms with Gasteiger partial charge in [-0.05, 0) is 31.2 Å². The molecule has 0 saturated carbocycles. The molecule has 2 aromatic rings. The number of aliphatic hydroxyl groups excluding tert-OH is 1. The number of benzene rings is 2. The molecule has 2 N–H and O–H groups in total. The molecule has 5 heteroatoms. The molecule has 0 aromatic heterocycles. The predicted molar refractivity (Wildman–Crippen MR) is 82.4 cm³/mol. The molecule has 0 bridgehead atoms. The molecule has 4 nitrogen and oxygen atoms in total. The van der Waals surface area contributed by atoms with E-state index in [9.17, 15) is 9.90 Å². The van der Waals surface area contributed by atoms with Gasteiger partial charge in [0.1, 0.15) is 0 Å². The third-order valence-corrected chi connectivity index (χ3v) is 3.20. The lowest BCUT2D eigenvalue weighted by Gasteiger charge is -2.13. The number of carbonyl (C=O) groups is 1. The third kappa shape index (κ3) is 4.04. The van der Waals surface area contributed by atoms with Gasteiger partial charge in [-0.15, -0.1) is 0 Å². The van der Waals surface area contributed by atoms with Gasteiger partial charge in [0.2, 0.25) is 0 Å². The normalized spacial score (nSPS) is 12.0. The minimum absolute atomic E-state index is 0.302. The van der Waals surface area contributed by atoms with E-state index >= 15 is 0 Å². The molecule has 0 aliphatic rings. The van der Waals surface area contributed by atoms with Gasteiger partial charge in [0.15, 0.2) is 6.29 Å². The molecule has 1 amide bonds. The van der Waals surface area contributed by atoms with Gasteiger partial charge in [-0.25, -0.2) is 0 Å². The SMILES string of the molecule is CCOC(O)c1cccc(NC(=O)c2ccccc2Cl)c1. The molecule has 0 radical (unpaired) electrons. The van der Waals surface area contributed by atoms with Crippen molar-refractivity contribution < 1.29 is 14.6 Å². The van der Waals surface area contributed by atoms with E-state index in [1.54, 1.807) is 55.5 Å². The van der Waals surface area contributed by atoms with Crippen LogP contribution in [0.3, 0.4) is 0 Å². The monoisotopic (exact) mass is 305 g/mol. The molecule has 2 aromatic carbocycles. The molecule has 2 rings (SSSR count). The van der Waals surface area contributed by atoms with Gasteiger partial charge >= 0.3 is 0 Å². The summed E-state index contributed by atoms with van der Waals surface area (Å²) in [6, 6.07) is 13.7. The number of amides is 1. The third-order valence-electron chi connectivity index (χ3n) is 2.87. The molecule has 0 heterocycles. The Morgan fingerprint density at radius 3 is 2.76 bits per heavy atom. The Hall–Kier alpha value is -1.88. The fraction of sp³-hybridized carbons (Fsp3) is 0.188. The second-order valence-corrected chi connectivity index (χ2v) is 4.77. The summed E-state index contributed by atoms with van der Waals surface area (Å²) >= 11 is 5.99. The molecule has 0 aliphatic carbocycles. The first kappa shape index (κ1) is 15.5. The van der Waals surface area contributed by atoms with Crippen LogP contribution in [0.4, 0.5) is 5.69 Å². The van der Waals surface area contributed by atoms with Gasteiger partial charge in [0, 0.05) is 17.9 Å². The van der Waals surface area contributed by atoms with E-state index in [2.05, 4.69) is 5.32 Å². The fourth-order valence-electron chi connectivity index (χ4n) is 1.87. The first-order valence-electron chi connectivity index (χ1n) is 6.57. The van der Waals surface area contributed by atoms with Crippen LogP contribution in [0.25, 0.3) is 0 Å². The van der Waals surface area contributed by atoms with Gasteiger partial charge in [0.05, 0.1) is 10.6 Å². The van der Waals surface area contributed by atoms with Crippen LogP contribution < -0.4 is 5.32 Å². The van der Waals surface area contributed by atoms with E-state index in [1.165, 1.54) is 0 Å². The molecular formula is C16H16ClNO3. The van der Waals surface area contributed by atoms with Gasteiger partial charge in [0.25, 0.3) is 5.91 Å². The van der Waals surface area contributed by atoms with Crippen LogP contribution in [0.1, 0.15) is 29.1 Å². The lowest BCUT2D eigenvalue weighted by molar-refractivity contribution is -0.0979. The zero-order valence-electron chi connectivity index (χ0n) is 11.5.